The summed E-state index contributed by atoms with van der Waals surface area (Å²) in [4.78, 5) is 44.5. The number of nitrogens with two attached hydrogens (primary N) is 1. The van der Waals surface area contributed by atoms with Crippen molar-refractivity contribution in [2.75, 3.05) is 0 Å². The van der Waals surface area contributed by atoms with Gasteiger partial charge in [-0.2, -0.15) is 0 Å². The first-order valence-corrected chi connectivity index (χ1v) is 12.7. The van der Waals surface area contributed by atoms with E-state index in [0.717, 1.165) is 33.8 Å². The smallest absolute Gasteiger partial charge is 0.333 e. The van der Waals surface area contributed by atoms with Crippen LogP contribution in [-0.4, -0.2) is 20.4 Å². The number of nitrogens with zero attached hydrogens (tertiary/aromatic N) is 1. The molecule has 0 aliphatic rings. The van der Waals surface area contributed by atoms with E-state index in [1.54, 1.807) is 25.1 Å². The first-order valence-electron chi connectivity index (χ1n) is 12.7. The number of carbonyl (C=O) groups excluding carboxylic acids is 1. The fraction of sp³-hybridized carbons (Fsp3) is 0.129. The highest BCUT2D eigenvalue weighted by molar-refractivity contribution is 6.20. The summed E-state index contributed by atoms with van der Waals surface area (Å²) in [5, 5.41) is 1.29. The van der Waals surface area contributed by atoms with Crippen molar-refractivity contribution in [1.29, 1.82) is 0 Å². The zero-order chi connectivity index (χ0) is 28.5. The van der Waals surface area contributed by atoms with Crippen LogP contribution < -0.4 is 17.0 Å². The molecular weight excluding hydrogens is 514 g/mol. The number of aromatic amines is 2. The van der Waals surface area contributed by atoms with Crippen molar-refractivity contribution in [3.05, 3.63) is 110 Å². The molecule has 0 atom stereocenters. The Morgan fingerprint density at radius 2 is 1.65 bits per heavy atom. The average Bonchev–Trinajstić information content (AvgIpc) is 3.27. The number of aromatic nitrogens is 3. The van der Waals surface area contributed by atoms with E-state index < -0.39 is 28.8 Å². The van der Waals surface area contributed by atoms with Gasteiger partial charge < -0.3 is 15.7 Å². The fourth-order valence-electron chi connectivity index (χ4n) is 5.43. The van der Waals surface area contributed by atoms with Crippen LogP contribution in [0.15, 0.2) is 70.3 Å². The monoisotopic (exact) mass is 538 g/mol. The van der Waals surface area contributed by atoms with Crippen LogP contribution >= 0.6 is 0 Å². The topological polar surface area (TPSA) is 114 Å². The fourth-order valence-corrected chi connectivity index (χ4v) is 5.43. The van der Waals surface area contributed by atoms with Crippen LogP contribution in [0.25, 0.3) is 49.5 Å². The van der Waals surface area contributed by atoms with Crippen LogP contribution in [0.1, 0.15) is 41.3 Å². The van der Waals surface area contributed by atoms with Crippen molar-refractivity contribution in [2.24, 2.45) is 5.73 Å². The SMILES string of the molecule is Cc1c(-c2c(F)cc(C(N)=O)c3[nH]c4cc(C(C)C)ccc4c23)cccc1-n1c(=O)[nH]c2cc(F)ccc2c1=O. The molecule has 40 heavy (non-hydrogen) atoms. The van der Waals surface area contributed by atoms with E-state index in [-0.39, 0.29) is 33.6 Å². The van der Waals surface area contributed by atoms with Gasteiger partial charge in [-0.15, -0.1) is 0 Å². The highest BCUT2D eigenvalue weighted by atomic mass is 19.1. The van der Waals surface area contributed by atoms with Crippen molar-refractivity contribution in [2.45, 2.75) is 26.7 Å². The zero-order valence-corrected chi connectivity index (χ0v) is 21.9. The average molecular weight is 539 g/mol. The van der Waals surface area contributed by atoms with Gasteiger partial charge in [0.2, 0.25) is 0 Å². The lowest BCUT2D eigenvalue weighted by molar-refractivity contribution is 0.100. The summed E-state index contributed by atoms with van der Waals surface area (Å²) in [5.41, 5.74) is 7.83. The van der Waals surface area contributed by atoms with Gasteiger partial charge in [0.1, 0.15) is 11.6 Å². The number of primary amides is 1. The van der Waals surface area contributed by atoms with E-state index in [4.69, 9.17) is 5.73 Å². The summed E-state index contributed by atoms with van der Waals surface area (Å²) in [6.07, 6.45) is 0. The predicted molar refractivity (Wildman–Crippen MR) is 152 cm³/mol. The quantitative estimate of drug-likeness (QED) is 0.264. The summed E-state index contributed by atoms with van der Waals surface area (Å²) in [6.45, 7) is 5.81. The van der Waals surface area contributed by atoms with Crippen LogP contribution in [0, 0.1) is 18.6 Å². The van der Waals surface area contributed by atoms with Crippen LogP contribution in [0.4, 0.5) is 8.78 Å². The van der Waals surface area contributed by atoms with Gasteiger partial charge in [-0.05, 0) is 65.9 Å². The first-order chi connectivity index (χ1) is 19.1. The van der Waals surface area contributed by atoms with Crippen molar-refractivity contribution in [3.63, 3.8) is 0 Å². The van der Waals surface area contributed by atoms with Crippen LogP contribution in [-0.2, 0) is 0 Å². The van der Waals surface area contributed by atoms with Crippen LogP contribution in [0.5, 0.6) is 0 Å². The molecule has 0 bridgehead atoms. The third kappa shape index (κ3) is 3.73. The second-order valence-corrected chi connectivity index (χ2v) is 10.2. The molecule has 1 amide bonds. The lowest BCUT2D eigenvalue weighted by Crippen LogP contribution is -2.34. The van der Waals surface area contributed by atoms with E-state index in [2.05, 4.69) is 23.8 Å². The maximum Gasteiger partial charge on any atom is 0.333 e. The number of amides is 1. The zero-order valence-electron chi connectivity index (χ0n) is 21.9. The van der Waals surface area contributed by atoms with E-state index >= 15 is 4.39 Å². The molecule has 0 aliphatic carbocycles. The van der Waals surface area contributed by atoms with Gasteiger partial charge in [0, 0.05) is 21.9 Å². The maximum absolute atomic E-state index is 16.0. The molecule has 4 aromatic carbocycles. The Hall–Kier alpha value is -5.05. The lowest BCUT2D eigenvalue weighted by Gasteiger charge is -2.16. The summed E-state index contributed by atoms with van der Waals surface area (Å²) in [5.74, 6) is -1.79. The number of halogens is 2. The van der Waals surface area contributed by atoms with Crippen molar-refractivity contribution in [3.8, 4) is 16.8 Å². The minimum absolute atomic E-state index is 0.0155. The number of carbonyl (C=O) groups is 1. The third-order valence-electron chi connectivity index (χ3n) is 7.46. The molecule has 7 nitrogen and oxygen atoms in total. The third-order valence-corrected chi connectivity index (χ3v) is 7.46. The standard InChI is InChI=1S/C31H24F2N4O3/c1-14(2)16-7-9-19-23(11-16)35-28-21(29(34)38)13-22(33)26(27(19)28)18-5-4-6-25(15(18)3)37-30(39)20-10-8-17(32)12-24(20)36-31(37)40/h4-14,35H,1-3H3,(H2,34,38)(H,36,40). The Kier molecular flexibility index (Phi) is 5.69. The van der Waals surface area contributed by atoms with Gasteiger partial charge in [-0.3, -0.25) is 9.59 Å². The molecule has 9 heteroatoms. The number of benzene rings is 4. The van der Waals surface area contributed by atoms with Crippen molar-refractivity contribution in [1.82, 2.24) is 14.5 Å². The molecule has 200 valence electrons. The molecule has 4 N–H and O–H groups in total. The van der Waals surface area contributed by atoms with Gasteiger partial charge >= 0.3 is 5.69 Å². The van der Waals surface area contributed by atoms with E-state index in [9.17, 15) is 18.8 Å². The first kappa shape index (κ1) is 25.2. The molecule has 2 heterocycles. The molecule has 0 spiro atoms. The summed E-state index contributed by atoms with van der Waals surface area (Å²) in [7, 11) is 0. The Morgan fingerprint density at radius 3 is 2.38 bits per heavy atom. The number of H-pyrrole nitrogens is 2. The molecule has 2 aromatic heterocycles. The Labute approximate surface area is 225 Å². The Morgan fingerprint density at radius 1 is 0.925 bits per heavy atom. The summed E-state index contributed by atoms with van der Waals surface area (Å²) < 4.78 is 30.6. The molecule has 6 rings (SSSR count). The molecule has 0 saturated heterocycles. The highest BCUT2D eigenvalue weighted by Gasteiger charge is 2.23. The van der Waals surface area contributed by atoms with E-state index in [1.807, 2.05) is 18.2 Å². The minimum atomic E-state index is -0.776. The number of hydrogen-bond acceptors (Lipinski definition) is 3. The van der Waals surface area contributed by atoms with E-state index in [1.165, 1.54) is 6.07 Å². The Balaban J connectivity index is 1.69. The molecule has 0 fully saturated rings. The maximum atomic E-state index is 16.0. The number of nitrogens with one attached hydrogen (secondary N) is 2. The summed E-state index contributed by atoms with van der Waals surface area (Å²) >= 11 is 0. The predicted octanol–water partition coefficient (Wildman–Crippen LogP) is 5.79. The molecular formula is C31H24F2N4O3. The van der Waals surface area contributed by atoms with Crippen LogP contribution in [0.2, 0.25) is 0 Å². The molecule has 6 aromatic rings. The second-order valence-electron chi connectivity index (χ2n) is 10.2. The van der Waals surface area contributed by atoms with Gasteiger partial charge in [0.25, 0.3) is 11.5 Å². The minimum Gasteiger partial charge on any atom is -0.366 e. The van der Waals surface area contributed by atoms with Crippen molar-refractivity contribution >= 4 is 38.6 Å². The normalized spacial score (nSPS) is 11.8. The number of rotatable bonds is 4. The van der Waals surface area contributed by atoms with Gasteiger partial charge in [0.05, 0.1) is 27.7 Å². The molecule has 0 saturated carbocycles. The molecule has 0 radical (unpaired) electrons. The highest BCUT2D eigenvalue weighted by Crippen LogP contribution is 2.41. The van der Waals surface area contributed by atoms with Crippen molar-refractivity contribution < 1.29 is 13.6 Å². The van der Waals surface area contributed by atoms with Crippen LogP contribution in [0.3, 0.4) is 0 Å². The van der Waals surface area contributed by atoms with E-state index in [0.29, 0.717) is 27.4 Å². The number of fused-ring (bicyclic) bond motifs is 4. The summed E-state index contributed by atoms with van der Waals surface area (Å²) in [6, 6.07) is 15.3. The van der Waals surface area contributed by atoms with Gasteiger partial charge in [0.15, 0.2) is 0 Å². The molecule has 0 aliphatic heterocycles. The molecule has 0 unspecified atom stereocenters. The Bertz CT molecular complexity index is 2160. The lowest BCUT2D eigenvalue weighted by atomic mass is 9.92. The van der Waals surface area contributed by atoms with Gasteiger partial charge in [-0.25, -0.2) is 18.1 Å². The number of hydrogen-bond donors (Lipinski definition) is 3. The largest absolute Gasteiger partial charge is 0.366 e. The second kappa shape index (κ2) is 9.01. The van der Waals surface area contributed by atoms with Gasteiger partial charge in [-0.1, -0.05) is 38.1 Å².